The van der Waals surface area contributed by atoms with Crippen LogP contribution in [0.15, 0.2) is 194 Å². The number of nitrogens with zero attached hydrogens (tertiary/aromatic N) is 1. The van der Waals surface area contributed by atoms with Gasteiger partial charge >= 0.3 is 64.4 Å². The molecular formula is C83H89ClINO15Zn. The Kier molecular flexibility index (Phi) is 34.0. The molecule has 16 nitrogen and oxygen atoms in total. The molecule has 1 aromatic heterocycles. The third-order valence-electron chi connectivity index (χ3n) is 16.9. The number of halogens is 2. The summed E-state index contributed by atoms with van der Waals surface area (Å²) in [5.41, 5.74) is 10.2. The predicted molar refractivity (Wildman–Crippen MR) is 395 cm³/mol. The summed E-state index contributed by atoms with van der Waals surface area (Å²) in [4.78, 5) is 83.3. The van der Waals surface area contributed by atoms with Crippen molar-refractivity contribution in [3.05, 3.63) is 267 Å². The molecule has 5 aliphatic rings. The van der Waals surface area contributed by atoms with Crippen molar-refractivity contribution in [2.45, 2.75) is 123 Å². The average Bonchev–Trinajstić information content (AvgIpc) is 1.63. The van der Waals surface area contributed by atoms with E-state index in [4.69, 9.17) is 40.0 Å². The van der Waals surface area contributed by atoms with Gasteiger partial charge in [0.25, 0.3) is 0 Å². The standard InChI is InChI=1S/C25H25NO3.C19H20O3.C13H16O3.C13H14O3.C9H9O2.C4H5ClO.HI.Zn/c1-2-28-25(27)21-10-8-19(9-11-21)24(18-6-7-18)20-12-14-23(15-13-20)29-17-22-5-3-4-16-26-22;1-2-22-19(21)16-7-5-14(6-8-16)18(13-3-4-13)15-9-11-17(20)12-10-15;2*1-2-16-13(15)11-7-5-10(6-8-11)12(14)9-3-4-9;1-2-11-9(10)8-6-4-3-5-7-8;5-4(6)3-1-2-3;;/h3-5,8-16,18,24H,2,6-7,17H2,1H3;5-13,18,20H,2-4H2,1H3;5-9,12,14H,2-4H2,1H3;5-9H,2-4H2,1H3;4-7H,2H2,1H3;3H,1-2H2;1H;/q;;;;-1;;;+2/p-1. The Morgan fingerprint density at radius 3 is 1.10 bits per heavy atom. The number of ketones is 1. The molecule has 0 amide bonds. The fourth-order valence-electron chi connectivity index (χ4n) is 10.8. The number of Topliss-reactive ketones (excluding diaryl/α,β-unsaturated/α-hetero) is 1. The van der Waals surface area contributed by atoms with Gasteiger partial charge < -0.3 is 38.6 Å². The summed E-state index contributed by atoms with van der Waals surface area (Å²) < 4.78 is 30.5. The van der Waals surface area contributed by atoms with Crippen LogP contribution in [-0.4, -0.2) is 89.1 Å². The first kappa shape index (κ1) is 80.9. The molecule has 1 heterocycles. The van der Waals surface area contributed by atoms with Gasteiger partial charge in [-0.2, -0.15) is 30.3 Å². The van der Waals surface area contributed by atoms with Crippen molar-refractivity contribution in [3.63, 3.8) is 0 Å². The second-order valence-corrected chi connectivity index (χ2v) is 25.1. The topological polar surface area (TPSA) is 228 Å². The van der Waals surface area contributed by atoms with Gasteiger partial charge in [-0.05, 0) is 246 Å². The van der Waals surface area contributed by atoms with Crippen LogP contribution in [0.5, 0.6) is 11.5 Å². The van der Waals surface area contributed by atoms with Gasteiger partial charge in [-0.3, -0.25) is 14.6 Å². The number of rotatable bonds is 24. The number of aromatic hydroxyl groups is 1. The van der Waals surface area contributed by atoms with Crippen LogP contribution in [0.3, 0.4) is 0 Å². The van der Waals surface area contributed by atoms with Gasteiger partial charge in [0.2, 0.25) is 5.24 Å². The summed E-state index contributed by atoms with van der Waals surface area (Å²) in [5.74, 6) is 2.68. The molecule has 5 fully saturated rings. The van der Waals surface area contributed by atoms with E-state index in [1.54, 1.807) is 119 Å². The average molecular weight is 1570 g/mol. The number of ether oxygens (including phenoxy) is 6. The number of aliphatic hydroxyl groups is 1. The molecule has 19 heteroatoms. The number of aromatic nitrogens is 1. The molecule has 13 rings (SSSR count). The number of carbonyl (C=O) groups excluding carboxylic acids is 7. The van der Waals surface area contributed by atoms with Crippen LogP contribution < -0.4 is 4.74 Å². The van der Waals surface area contributed by atoms with Crippen LogP contribution in [0.2, 0.25) is 0 Å². The summed E-state index contributed by atoms with van der Waals surface area (Å²) in [6.45, 7) is 11.4. The van der Waals surface area contributed by atoms with Gasteiger partial charge in [-0.25, -0.2) is 24.0 Å². The molecule has 0 radical (unpaired) electrons. The van der Waals surface area contributed by atoms with Gasteiger partial charge in [-0.1, -0.05) is 78.9 Å². The number of carbonyl (C=O) groups is 7. The van der Waals surface area contributed by atoms with E-state index in [0.29, 0.717) is 103 Å². The molecule has 5 aliphatic carbocycles. The summed E-state index contributed by atoms with van der Waals surface area (Å²) in [6, 6.07) is 60.4. The summed E-state index contributed by atoms with van der Waals surface area (Å²) in [5, 5.41) is 19.2. The minimum absolute atomic E-state index is 0.157. The van der Waals surface area contributed by atoms with Crippen LogP contribution in [0.1, 0.15) is 212 Å². The normalized spacial score (nSPS) is 14.6. The number of esters is 5. The molecular weight excluding hydrogens is 1480 g/mol. The molecule has 0 aliphatic heterocycles. The zero-order valence-corrected chi connectivity index (χ0v) is 64.4. The van der Waals surface area contributed by atoms with E-state index in [1.165, 1.54) is 62.7 Å². The molecule has 532 valence electrons. The van der Waals surface area contributed by atoms with Crippen molar-refractivity contribution in [1.82, 2.24) is 4.98 Å². The third-order valence-corrected chi connectivity index (χ3v) is 17.2. The van der Waals surface area contributed by atoms with Crippen molar-refractivity contribution < 1.29 is 87.0 Å². The number of benzene rings is 7. The van der Waals surface area contributed by atoms with E-state index >= 15 is 0 Å². The Bertz CT molecular complexity index is 3880. The molecule has 0 bridgehead atoms. The third kappa shape index (κ3) is 27.1. The Morgan fingerprint density at radius 1 is 0.441 bits per heavy atom. The first-order chi connectivity index (χ1) is 49.5. The molecule has 3 unspecified atom stereocenters. The zero-order chi connectivity index (χ0) is 73.3. The Balaban J connectivity index is 0.000000179. The van der Waals surface area contributed by atoms with E-state index < -0.39 is 0 Å². The first-order valence-electron chi connectivity index (χ1n) is 34.8. The number of phenols is 1. The fourth-order valence-corrected chi connectivity index (χ4v) is 11.1. The zero-order valence-electron chi connectivity index (χ0n) is 58.5. The molecule has 5 saturated carbocycles. The maximum atomic E-state index is 11.9. The van der Waals surface area contributed by atoms with E-state index in [9.17, 15) is 43.8 Å². The number of pyridine rings is 1. The summed E-state index contributed by atoms with van der Waals surface area (Å²) in [6.07, 6.45) is 12.6. The number of hydrogen-bond acceptors (Lipinski definition) is 16. The monoisotopic (exact) mass is 1570 g/mol. The SMILES string of the molecule is CCOC(=O)c1cc[c-]cc1.CCOC(=O)c1ccc(C(=O)C2CC2)cc1.CCOC(=O)c1ccc(C(O)C2CC2)cc1.CCOC(=O)c1ccc(C(c2ccc(O)cc2)C2CC2)cc1.CCOC(=O)c1ccc(C(c2ccc(OCc3ccccn3)cc2)C2CC2)cc1.O=C(Cl)C1CC1.[Zn+][I]. The quantitative estimate of drug-likeness (QED) is 0.0109. The second kappa shape index (κ2) is 42.9. The number of aliphatic hydroxyl groups excluding tert-OH is 1. The van der Waals surface area contributed by atoms with Crippen LogP contribution in [0.4, 0.5) is 0 Å². The van der Waals surface area contributed by atoms with E-state index in [1.807, 2.05) is 85.8 Å². The van der Waals surface area contributed by atoms with Crippen molar-refractivity contribution in [1.29, 1.82) is 0 Å². The van der Waals surface area contributed by atoms with Gasteiger partial charge in [0.1, 0.15) is 18.1 Å². The Labute approximate surface area is 624 Å². The van der Waals surface area contributed by atoms with Gasteiger partial charge in [0.05, 0.1) is 67.1 Å². The molecule has 0 saturated heterocycles. The van der Waals surface area contributed by atoms with Crippen LogP contribution in [0, 0.1) is 35.7 Å². The van der Waals surface area contributed by atoms with Gasteiger partial charge in [0.15, 0.2) is 5.78 Å². The second-order valence-electron chi connectivity index (χ2n) is 24.7. The molecule has 8 aromatic rings. The molecule has 2 N–H and O–H groups in total. The Hall–Kier alpha value is -8.42. The van der Waals surface area contributed by atoms with Crippen molar-refractivity contribution >= 4 is 72.2 Å². The van der Waals surface area contributed by atoms with Gasteiger partial charge in [0, 0.05) is 35.4 Å². The van der Waals surface area contributed by atoms with E-state index in [0.717, 1.165) is 55.5 Å². The molecule has 102 heavy (non-hydrogen) atoms. The number of hydrogen-bond donors (Lipinski definition) is 2. The van der Waals surface area contributed by atoms with E-state index in [2.05, 4.69) is 55.1 Å². The van der Waals surface area contributed by atoms with Crippen LogP contribution >= 0.6 is 31.4 Å². The fraction of sp³-hybridized carbons (Fsp3) is 0.349. The minimum atomic E-state index is -0.378. The molecule has 0 spiro atoms. The van der Waals surface area contributed by atoms with Crippen molar-refractivity contribution in [2.24, 2.45) is 29.6 Å². The predicted octanol–water partition coefficient (Wildman–Crippen LogP) is 18.0. The first-order valence-corrected chi connectivity index (χ1v) is 44.3. The number of phenolic OH excluding ortho intramolecular Hbond substituents is 1. The summed E-state index contributed by atoms with van der Waals surface area (Å²) >= 11 is 8.66. The molecule has 7 aromatic carbocycles. The maximum absolute atomic E-state index is 11.9. The summed E-state index contributed by atoms with van der Waals surface area (Å²) in [7, 11) is 0. The van der Waals surface area contributed by atoms with Crippen LogP contribution in [0.25, 0.3) is 0 Å². The van der Waals surface area contributed by atoms with Crippen molar-refractivity contribution in [3.8, 4) is 11.5 Å². The van der Waals surface area contributed by atoms with Gasteiger partial charge in [-0.15, -0.1) is 0 Å². The Morgan fingerprint density at radius 2 is 0.775 bits per heavy atom. The molecule has 3 atom stereocenters. The van der Waals surface area contributed by atoms with E-state index in [-0.39, 0.29) is 64.6 Å². The van der Waals surface area contributed by atoms with Crippen molar-refractivity contribution in [2.75, 3.05) is 33.0 Å². The van der Waals surface area contributed by atoms with Crippen LogP contribution in [-0.2, 0) is 49.9 Å².